The third kappa shape index (κ3) is 4.64. The Morgan fingerprint density at radius 3 is 2.38 bits per heavy atom. The SMILES string of the molecule is CNc1ccc(C#Cc2ccc(OCCF)c(I)c2)cc1. The van der Waals surface area contributed by atoms with E-state index in [0.29, 0.717) is 5.75 Å². The van der Waals surface area contributed by atoms with Crippen LogP contribution < -0.4 is 10.1 Å². The number of alkyl halides is 1. The summed E-state index contributed by atoms with van der Waals surface area (Å²) in [5.41, 5.74) is 2.93. The van der Waals surface area contributed by atoms with Crippen molar-refractivity contribution < 1.29 is 9.13 Å². The molecular weight excluding hydrogens is 380 g/mol. The number of rotatable bonds is 4. The lowest BCUT2D eigenvalue weighted by molar-refractivity contribution is 0.271. The highest BCUT2D eigenvalue weighted by Gasteiger charge is 2.01. The van der Waals surface area contributed by atoms with Crippen LogP contribution >= 0.6 is 22.6 Å². The highest BCUT2D eigenvalue weighted by molar-refractivity contribution is 14.1. The molecule has 0 atom stereocenters. The minimum atomic E-state index is -0.486. The molecule has 0 aliphatic rings. The average Bonchev–Trinajstić information content (AvgIpc) is 2.52. The molecule has 2 aromatic carbocycles. The highest BCUT2D eigenvalue weighted by Crippen LogP contribution is 2.21. The third-order valence-corrected chi connectivity index (χ3v) is 3.63. The summed E-state index contributed by atoms with van der Waals surface area (Å²) in [7, 11) is 1.88. The van der Waals surface area contributed by atoms with Crippen molar-refractivity contribution >= 4 is 28.3 Å². The van der Waals surface area contributed by atoms with Crippen LogP contribution in [0.5, 0.6) is 5.75 Å². The summed E-state index contributed by atoms with van der Waals surface area (Å²) in [5.74, 6) is 6.93. The molecule has 0 saturated carbocycles. The van der Waals surface area contributed by atoms with Gasteiger partial charge in [0.05, 0.1) is 3.57 Å². The molecule has 0 aromatic heterocycles. The molecular formula is C17H15FINO. The van der Waals surface area contributed by atoms with Gasteiger partial charge in [0.25, 0.3) is 0 Å². The topological polar surface area (TPSA) is 21.3 Å². The second kappa shape index (κ2) is 7.89. The minimum absolute atomic E-state index is 0.0822. The zero-order chi connectivity index (χ0) is 15.1. The first kappa shape index (κ1) is 15.6. The normalized spacial score (nSPS) is 9.67. The van der Waals surface area contributed by atoms with Crippen molar-refractivity contribution in [3.63, 3.8) is 0 Å². The number of hydrogen-bond donors (Lipinski definition) is 1. The van der Waals surface area contributed by atoms with Crippen molar-refractivity contribution in [2.24, 2.45) is 0 Å². The Kier molecular flexibility index (Phi) is 5.88. The maximum Gasteiger partial charge on any atom is 0.132 e. The number of nitrogens with one attached hydrogen (secondary N) is 1. The van der Waals surface area contributed by atoms with E-state index in [9.17, 15) is 4.39 Å². The first-order valence-electron chi connectivity index (χ1n) is 6.51. The van der Waals surface area contributed by atoms with Gasteiger partial charge in [0.15, 0.2) is 0 Å². The smallest absolute Gasteiger partial charge is 0.132 e. The fourth-order valence-corrected chi connectivity index (χ4v) is 2.38. The molecule has 0 aliphatic heterocycles. The van der Waals surface area contributed by atoms with E-state index in [1.165, 1.54) is 0 Å². The van der Waals surface area contributed by atoms with Gasteiger partial charge in [0.1, 0.15) is 19.0 Å². The minimum Gasteiger partial charge on any atom is -0.490 e. The zero-order valence-electron chi connectivity index (χ0n) is 11.6. The van der Waals surface area contributed by atoms with Crippen molar-refractivity contribution in [3.8, 4) is 17.6 Å². The Bertz CT molecular complexity index is 659. The van der Waals surface area contributed by atoms with Crippen LogP contribution in [0.15, 0.2) is 42.5 Å². The maximum absolute atomic E-state index is 12.1. The summed E-state index contributed by atoms with van der Waals surface area (Å²) in [6.45, 7) is -0.404. The van der Waals surface area contributed by atoms with Crippen LogP contribution in [0.4, 0.5) is 10.1 Å². The molecule has 0 amide bonds. The first-order chi connectivity index (χ1) is 10.2. The summed E-state index contributed by atoms with van der Waals surface area (Å²) >= 11 is 2.17. The highest BCUT2D eigenvalue weighted by atomic mass is 127. The molecule has 0 spiro atoms. The summed E-state index contributed by atoms with van der Waals surface area (Å²) in [6, 6.07) is 13.6. The van der Waals surface area contributed by atoms with Crippen LogP contribution in [0.25, 0.3) is 0 Å². The molecule has 0 aliphatic carbocycles. The zero-order valence-corrected chi connectivity index (χ0v) is 13.8. The number of anilines is 1. The van der Waals surface area contributed by atoms with Crippen molar-refractivity contribution in [1.29, 1.82) is 0 Å². The van der Waals surface area contributed by atoms with Gasteiger partial charge in [-0.05, 0) is 65.1 Å². The molecule has 108 valence electrons. The average molecular weight is 395 g/mol. The van der Waals surface area contributed by atoms with Gasteiger partial charge in [-0.15, -0.1) is 0 Å². The maximum atomic E-state index is 12.1. The quantitative estimate of drug-likeness (QED) is 0.623. The van der Waals surface area contributed by atoms with E-state index >= 15 is 0 Å². The van der Waals surface area contributed by atoms with Gasteiger partial charge in [-0.3, -0.25) is 0 Å². The van der Waals surface area contributed by atoms with Crippen molar-refractivity contribution in [2.75, 3.05) is 25.6 Å². The molecule has 0 heterocycles. The predicted octanol–water partition coefficient (Wildman–Crippen LogP) is 4.08. The van der Waals surface area contributed by atoms with E-state index in [0.717, 1.165) is 20.4 Å². The number of halogens is 2. The Labute approximate surface area is 137 Å². The predicted molar refractivity (Wildman–Crippen MR) is 92.6 cm³/mol. The van der Waals surface area contributed by atoms with Crippen LogP contribution in [0.3, 0.4) is 0 Å². The molecule has 0 radical (unpaired) electrons. The second-order valence-electron chi connectivity index (χ2n) is 4.26. The van der Waals surface area contributed by atoms with Crippen LogP contribution in [-0.4, -0.2) is 20.3 Å². The lowest BCUT2D eigenvalue weighted by Crippen LogP contribution is -2.00. The van der Waals surface area contributed by atoms with Crippen LogP contribution in [0.1, 0.15) is 11.1 Å². The van der Waals surface area contributed by atoms with Gasteiger partial charge < -0.3 is 10.1 Å². The first-order valence-corrected chi connectivity index (χ1v) is 7.59. The molecule has 0 unspecified atom stereocenters. The molecule has 0 fully saturated rings. The van der Waals surface area contributed by atoms with E-state index < -0.39 is 6.67 Å². The Morgan fingerprint density at radius 1 is 1.10 bits per heavy atom. The summed E-state index contributed by atoms with van der Waals surface area (Å²) in [6.07, 6.45) is 0. The van der Waals surface area contributed by atoms with Crippen LogP contribution in [0.2, 0.25) is 0 Å². The molecule has 2 nitrogen and oxygen atoms in total. The van der Waals surface area contributed by atoms with Gasteiger partial charge in [0.2, 0.25) is 0 Å². The lowest BCUT2D eigenvalue weighted by atomic mass is 10.1. The number of ether oxygens (including phenoxy) is 1. The molecule has 2 rings (SSSR count). The summed E-state index contributed by atoms with van der Waals surface area (Å²) in [5, 5.41) is 3.07. The Morgan fingerprint density at radius 2 is 1.76 bits per heavy atom. The van der Waals surface area contributed by atoms with E-state index in [1.54, 1.807) is 0 Å². The van der Waals surface area contributed by atoms with Crippen LogP contribution in [0, 0.1) is 15.4 Å². The van der Waals surface area contributed by atoms with Gasteiger partial charge in [-0.1, -0.05) is 11.8 Å². The van der Waals surface area contributed by atoms with E-state index in [4.69, 9.17) is 4.74 Å². The van der Waals surface area contributed by atoms with Gasteiger partial charge in [0, 0.05) is 23.9 Å². The molecule has 0 saturated heterocycles. The second-order valence-corrected chi connectivity index (χ2v) is 5.42. The Balaban J connectivity index is 2.12. The van der Waals surface area contributed by atoms with Crippen molar-refractivity contribution in [1.82, 2.24) is 0 Å². The monoisotopic (exact) mass is 395 g/mol. The Hall–Kier alpha value is -1.74. The third-order valence-electron chi connectivity index (χ3n) is 2.79. The lowest BCUT2D eigenvalue weighted by Gasteiger charge is -2.05. The van der Waals surface area contributed by atoms with Gasteiger partial charge in [-0.25, -0.2) is 4.39 Å². The van der Waals surface area contributed by atoms with Gasteiger partial charge in [-0.2, -0.15) is 0 Å². The standard InChI is InChI=1S/C17H15FINO/c1-20-15-7-4-13(5-8-15)2-3-14-6-9-17(16(19)12-14)21-11-10-18/h4-9,12,20H,10-11H2,1H3. The van der Waals surface area contributed by atoms with Crippen LogP contribution in [-0.2, 0) is 0 Å². The number of hydrogen-bond acceptors (Lipinski definition) is 2. The van der Waals surface area contributed by atoms with Crippen molar-refractivity contribution in [2.45, 2.75) is 0 Å². The van der Waals surface area contributed by atoms with E-state index in [2.05, 4.69) is 39.7 Å². The van der Waals surface area contributed by atoms with E-state index in [1.807, 2.05) is 49.5 Å². The molecule has 0 bridgehead atoms. The summed E-state index contributed by atoms with van der Waals surface area (Å²) < 4.78 is 18.3. The van der Waals surface area contributed by atoms with E-state index in [-0.39, 0.29) is 6.61 Å². The summed E-state index contributed by atoms with van der Waals surface area (Å²) in [4.78, 5) is 0. The van der Waals surface area contributed by atoms with Crippen molar-refractivity contribution in [3.05, 3.63) is 57.2 Å². The van der Waals surface area contributed by atoms with Gasteiger partial charge >= 0.3 is 0 Å². The number of benzene rings is 2. The fourth-order valence-electron chi connectivity index (χ4n) is 1.71. The molecule has 1 N–H and O–H groups in total. The largest absolute Gasteiger partial charge is 0.490 e. The molecule has 2 aromatic rings. The fraction of sp³-hybridized carbons (Fsp3) is 0.176. The molecule has 4 heteroatoms. The molecule has 21 heavy (non-hydrogen) atoms.